The van der Waals surface area contributed by atoms with Crippen molar-refractivity contribution in [1.82, 2.24) is 9.55 Å². The number of thioether (sulfide) groups is 1. The molecule has 0 atom stereocenters. The van der Waals surface area contributed by atoms with Crippen LogP contribution < -0.4 is 5.73 Å². The quantitative estimate of drug-likeness (QED) is 0.849. The Labute approximate surface area is 110 Å². The van der Waals surface area contributed by atoms with Gasteiger partial charge in [0.2, 0.25) is 0 Å². The van der Waals surface area contributed by atoms with Gasteiger partial charge in [-0.2, -0.15) is 11.8 Å². The second-order valence-electron chi connectivity index (χ2n) is 2.75. The maximum atomic E-state index is 5.39. The van der Waals surface area contributed by atoms with E-state index in [4.69, 9.17) is 5.73 Å². The topological polar surface area (TPSA) is 43.8 Å². The average molecular weight is 347 g/mol. The summed E-state index contributed by atoms with van der Waals surface area (Å²) in [6.07, 6.45) is 2.04. The molecule has 0 spiro atoms. The molecule has 0 fully saturated rings. The largest absolute Gasteiger partial charge is 0.337 e. The highest BCUT2D eigenvalue weighted by Gasteiger charge is 2.00. The van der Waals surface area contributed by atoms with E-state index in [-0.39, 0.29) is 34.0 Å². The Kier molecular flexibility index (Phi) is 10.6. The average Bonchev–Trinajstić information content (AvgIpc) is 2.31. The fourth-order valence-electron chi connectivity index (χ4n) is 1.05. The number of hydrogen-bond donors (Lipinski definition) is 1. The van der Waals surface area contributed by atoms with Crippen molar-refractivity contribution in [3.05, 3.63) is 17.7 Å². The van der Waals surface area contributed by atoms with Gasteiger partial charge in [0.1, 0.15) is 5.82 Å². The van der Waals surface area contributed by atoms with Crippen LogP contribution >= 0.6 is 45.7 Å². The lowest BCUT2D eigenvalue weighted by Crippen LogP contribution is -2.02. The van der Waals surface area contributed by atoms with Gasteiger partial charge in [-0.05, 0) is 6.92 Å². The van der Waals surface area contributed by atoms with Gasteiger partial charge in [-0.15, -0.1) is 34.0 Å². The van der Waals surface area contributed by atoms with Crippen LogP contribution in [-0.2, 0) is 12.8 Å². The Bertz CT molecular complexity index is 253. The molecule has 3 nitrogen and oxygen atoms in total. The van der Waals surface area contributed by atoms with Gasteiger partial charge < -0.3 is 10.3 Å². The fraction of sp³-hybridized carbons (Fsp3) is 0.625. The van der Waals surface area contributed by atoms with Gasteiger partial charge >= 0.3 is 0 Å². The number of hydrogen-bond acceptors (Lipinski definition) is 3. The molecule has 0 amide bonds. The first-order valence-electron chi connectivity index (χ1n) is 4.00. The van der Waals surface area contributed by atoms with Gasteiger partial charge in [0.25, 0.3) is 0 Å². The zero-order chi connectivity index (χ0) is 8.97. The fourth-order valence-corrected chi connectivity index (χ4v) is 1.81. The summed E-state index contributed by atoms with van der Waals surface area (Å²) in [5.74, 6) is 3.10. The first-order valence-corrected chi connectivity index (χ1v) is 5.16. The lowest BCUT2D eigenvalue weighted by molar-refractivity contribution is 0.849. The van der Waals surface area contributed by atoms with Crippen molar-refractivity contribution in [2.24, 2.45) is 12.8 Å². The lowest BCUT2D eigenvalue weighted by Gasteiger charge is -1.99. The van der Waals surface area contributed by atoms with Gasteiger partial charge in [0, 0.05) is 25.5 Å². The Morgan fingerprint density at radius 1 is 1.50 bits per heavy atom. The summed E-state index contributed by atoms with van der Waals surface area (Å²) >= 11 is 1.83. The third-order valence-electron chi connectivity index (χ3n) is 1.59. The molecule has 14 heavy (non-hydrogen) atoms. The monoisotopic (exact) mass is 345 g/mol. The lowest BCUT2D eigenvalue weighted by atomic mass is 10.6. The minimum Gasteiger partial charge on any atom is -0.337 e. The molecule has 84 valence electrons. The molecule has 6 heteroatoms. The predicted molar refractivity (Wildman–Crippen MR) is 73.8 cm³/mol. The molecule has 0 radical (unpaired) electrons. The third kappa shape index (κ3) is 5.38. The van der Waals surface area contributed by atoms with Crippen molar-refractivity contribution in [2.45, 2.75) is 12.7 Å². The van der Waals surface area contributed by atoms with Crippen molar-refractivity contribution in [3.8, 4) is 0 Å². The molecule has 1 aromatic heterocycles. The molecular weight excluding hydrogens is 330 g/mol. The molecule has 1 rings (SSSR count). The predicted octanol–water partition coefficient (Wildman–Crippen LogP) is 2.08. The highest BCUT2D eigenvalue weighted by molar-refractivity contribution is 8.93. The number of nitrogens with two attached hydrogens (primary N) is 1. The van der Waals surface area contributed by atoms with E-state index in [0.29, 0.717) is 0 Å². The highest BCUT2D eigenvalue weighted by Crippen LogP contribution is 2.09. The number of aryl methyl sites for hydroxylation is 2. The van der Waals surface area contributed by atoms with E-state index in [1.165, 1.54) is 0 Å². The van der Waals surface area contributed by atoms with E-state index in [2.05, 4.69) is 9.55 Å². The second-order valence-corrected chi connectivity index (χ2v) is 3.86. The minimum absolute atomic E-state index is 0. The van der Waals surface area contributed by atoms with Gasteiger partial charge in [-0.25, -0.2) is 4.98 Å². The second kappa shape index (κ2) is 8.76. The Hall–Kier alpha value is 0.480. The standard InChI is InChI=1S/C8H15N3S.2BrH/c1-7-5-11(2)8(10-7)6-12-4-3-9;;/h5H,3-4,6,9H2,1-2H3;2*1H. The van der Waals surface area contributed by atoms with Gasteiger partial charge in [0.15, 0.2) is 0 Å². The molecule has 0 unspecified atom stereocenters. The molecule has 0 bridgehead atoms. The Balaban J connectivity index is 0. The van der Waals surface area contributed by atoms with E-state index < -0.39 is 0 Å². The summed E-state index contributed by atoms with van der Waals surface area (Å²) in [4.78, 5) is 4.38. The number of imidazole rings is 1. The normalized spacial score (nSPS) is 9.07. The van der Waals surface area contributed by atoms with E-state index in [1.807, 2.05) is 31.9 Å². The first kappa shape index (κ1) is 16.9. The molecule has 1 aromatic rings. The van der Waals surface area contributed by atoms with Crippen molar-refractivity contribution < 1.29 is 0 Å². The maximum Gasteiger partial charge on any atom is 0.118 e. The molecule has 0 aliphatic carbocycles. The van der Waals surface area contributed by atoms with Crippen LogP contribution in [-0.4, -0.2) is 21.8 Å². The molecule has 0 aliphatic rings. The van der Waals surface area contributed by atoms with Crippen LogP contribution in [0.1, 0.15) is 11.5 Å². The number of halogens is 2. The highest BCUT2D eigenvalue weighted by atomic mass is 79.9. The molecule has 0 aliphatic heterocycles. The van der Waals surface area contributed by atoms with Gasteiger partial charge in [-0.1, -0.05) is 0 Å². The Morgan fingerprint density at radius 2 is 2.14 bits per heavy atom. The van der Waals surface area contributed by atoms with Crippen LogP contribution in [0.2, 0.25) is 0 Å². The number of rotatable bonds is 4. The first-order chi connectivity index (χ1) is 5.74. The smallest absolute Gasteiger partial charge is 0.118 e. The molecule has 0 saturated carbocycles. The van der Waals surface area contributed by atoms with Crippen LogP contribution in [0.3, 0.4) is 0 Å². The third-order valence-corrected chi connectivity index (χ3v) is 2.57. The molecule has 0 saturated heterocycles. The van der Waals surface area contributed by atoms with Gasteiger partial charge in [0.05, 0.1) is 11.4 Å². The Morgan fingerprint density at radius 3 is 2.57 bits per heavy atom. The van der Waals surface area contributed by atoms with E-state index in [1.54, 1.807) is 0 Å². The maximum absolute atomic E-state index is 5.39. The van der Waals surface area contributed by atoms with E-state index in [0.717, 1.165) is 29.6 Å². The van der Waals surface area contributed by atoms with E-state index in [9.17, 15) is 0 Å². The molecule has 2 N–H and O–H groups in total. The molecule has 1 heterocycles. The molecular formula is C8H17Br2N3S. The summed E-state index contributed by atoms with van der Waals surface area (Å²) < 4.78 is 2.07. The minimum atomic E-state index is 0. The van der Waals surface area contributed by atoms with Gasteiger partial charge in [-0.3, -0.25) is 0 Å². The van der Waals surface area contributed by atoms with Crippen molar-refractivity contribution in [1.29, 1.82) is 0 Å². The molecule has 0 aromatic carbocycles. The summed E-state index contributed by atoms with van der Waals surface area (Å²) in [5.41, 5.74) is 6.47. The summed E-state index contributed by atoms with van der Waals surface area (Å²) in [6.45, 7) is 2.76. The van der Waals surface area contributed by atoms with Crippen LogP contribution in [0.15, 0.2) is 6.20 Å². The SMILES string of the molecule is Br.Br.Cc1cn(C)c(CSCCN)n1. The van der Waals surface area contributed by atoms with Crippen molar-refractivity contribution >= 4 is 45.7 Å². The zero-order valence-corrected chi connectivity index (χ0v) is 12.6. The van der Waals surface area contributed by atoms with Crippen LogP contribution in [0.25, 0.3) is 0 Å². The number of nitrogens with zero attached hydrogens (tertiary/aromatic N) is 2. The van der Waals surface area contributed by atoms with E-state index >= 15 is 0 Å². The number of aromatic nitrogens is 2. The van der Waals surface area contributed by atoms with Crippen molar-refractivity contribution in [2.75, 3.05) is 12.3 Å². The van der Waals surface area contributed by atoms with Crippen LogP contribution in [0, 0.1) is 6.92 Å². The summed E-state index contributed by atoms with van der Waals surface area (Å²) in [7, 11) is 2.03. The van der Waals surface area contributed by atoms with Crippen molar-refractivity contribution in [3.63, 3.8) is 0 Å². The summed E-state index contributed by atoms with van der Waals surface area (Å²) in [6, 6.07) is 0. The van der Waals surface area contributed by atoms with Crippen LogP contribution in [0.5, 0.6) is 0 Å². The summed E-state index contributed by atoms with van der Waals surface area (Å²) in [5, 5.41) is 0. The zero-order valence-electron chi connectivity index (χ0n) is 8.40. The van der Waals surface area contributed by atoms with Crippen LogP contribution in [0.4, 0.5) is 0 Å².